The molecule has 2 heterocycles. The van der Waals surface area contributed by atoms with Crippen molar-refractivity contribution >= 4 is 11.8 Å². The van der Waals surface area contributed by atoms with Crippen molar-refractivity contribution in [3.63, 3.8) is 0 Å². The van der Waals surface area contributed by atoms with E-state index in [1.807, 2.05) is 13.8 Å². The van der Waals surface area contributed by atoms with Gasteiger partial charge in [-0.05, 0) is 26.0 Å². The number of halogens is 3. The SMILES string of the molecule is C[C@H]1CN(C(=O)CCNC(=O)c2ccc(C(F)(F)F)[nH]c2=O)C[C@H](C)O1. The van der Waals surface area contributed by atoms with Crippen LogP contribution in [-0.2, 0) is 15.7 Å². The number of aromatic nitrogens is 1. The van der Waals surface area contributed by atoms with Gasteiger partial charge >= 0.3 is 6.18 Å². The maximum absolute atomic E-state index is 12.5. The van der Waals surface area contributed by atoms with Gasteiger partial charge in [-0.3, -0.25) is 14.4 Å². The Morgan fingerprint density at radius 2 is 1.88 bits per heavy atom. The van der Waals surface area contributed by atoms with Gasteiger partial charge in [-0.15, -0.1) is 0 Å². The summed E-state index contributed by atoms with van der Waals surface area (Å²) in [6.07, 6.45) is -4.84. The standard InChI is InChI=1S/C16H20F3N3O4/c1-9-7-22(8-10(2)26-9)13(23)5-6-20-14(24)11-3-4-12(16(17,18)19)21-15(11)25/h3-4,9-10H,5-8H2,1-2H3,(H,20,24)(H,21,25)/t9-,10-/m0/s1. The molecule has 2 atom stereocenters. The monoisotopic (exact) mass is 375 g/mol. The van der Waals surface area contributed by atoms with Crippen LogP contribution in [0.2, 0.25) is 0 Å². The average Bonchev–Trinajstić information content (AvgIpc) is 2.52. The number of pyridine rings is 1. The van der Waals surface area contributed by atoms with Gasteiger partial charge in [0.25, 0.3) is 11.5 Å². The van der Waals surface area contributed by atoms with Crippen LogP contribution in [0.15, 0.2) is 16.9 Å². The highest BCUT2D eigenvalue weighted by Crippen LogP contribution is 2.26. The fraction of sp³-hybridized carbons (Fsp3) is 0.562. The molecule has 0 aromatic carbocycles. The zero-order valence-electron chi connectivity index (χ0n) is 14.4. The lowest BCUT2D eigenvalue weighted by Gasteiger charge is -2.35. The molecule has 0 radical (unpaired) electrons. The molecule has 2 rings (SSSR count). The van der Waals surface area contributed by atoms with E-state index in [0.717, 1.165) is 6.07 Å². The summed E-state index contributed by atoms with van der Waals surface area (Å²) in [6, 6.07) is 1.43. The summed E-state index contributed by atoms with van der Waals surface area (Å²) in [5, 5.41) is 2.37. The summed E-state index contributed by atoms with van der Waals surface area (Å²) in [7, 11) is 0. The molecule has 0 unspecified atom stereocenters. The van der Waals surface area contributed by atoms with Crippen molar-refractivity contribution in [2.45, 2.75) is 38.7 Å². The Morgan fingerprint density at radius 3 is 2.42 bits per heavy atom. The molecule has 1 aromatic heterocycles. The zero-order chi connectivity index (χ0) is 19.5. The highest BCUT2D eigenvalue weighted by atomic mass is 19.4. The van der Waals surface area contributed by atoms with Crippen molar-refractivity contribution < 1.29 is 27.5 Å². The number of alkyl halides is 3. The van der Waals surface area contributed by atoms with Crippen LogP contribution in [0.25, 0.3) is 0 Å². The third-order valence-electron chi connectivity index (χ3n) is 3.86. The number of ether oxygens (including phenoxy) is 1. The van der Waals surface area contributed by atoms with E-state index < -0.39 is 28.9 Å². The summed E-state index contributed by atoms with van der Waals surface area (Å²) < 4.78 is 43.0. The molecule has 7 nitrogen and oxygen atoms in total. The van der Waals surface area contributed by atoms with Gasteiger partial charge in [0.2, 0.25) is 5.91 Å². The number of H-pyrrole nitrogens is 1. The first-order chi connectivity index (χ1) is 12.1. The molecule has 0 saturated carbocycles. The maximum Gasteiger partial charge on any atom is 0.431 e. The number of nitrogens with one attached hydrogen (secondary N) is 2. The lowest BCUT2D eigenvalue weighted by atomic mass is 10.2. The molecule has 26 heavy (non-hydrogen) atoms. The normalized spacial score (nSPS) is 20.7. The van der Waals surface area contributed by atoms with E-state index in [2.05, 4.69) is 5.32 Å². The van der Waals surface area contributed by atoms with Crippen molar-refractivity contribution in [2.75, 3.05) is 19.6 Å². The minimum absolute atomic E-state index is 0.0176. The molecular formula is C16H20F3N3O4. The van der Waals surface area contributed by atoms with Gasteiger partial charge in [-0.2, -0.15) is 13.2 Å². The number of hydrogen-bond acceptors (Lipinski definition) is 4. The summed E-state index contributed by atoms with van der Waals surface area (Å²) in [5.41, 5.74) is -2.82. The predicted molar refractivity (Wildman–Crippen MR) is 85.6 cm³/mol. The molecule has 1 aromatic rings. The lowest BCUT2D eigenvalue weighted by molar-refractivity contribution is -0.143. The van der Waals surface area contributed by atoms with E-state index in [0.29, 0.717) is 19.2 Å². The Kier molecular flexibility index (Phi) is 6.06. The second kappa shape index (κ2) is 7.90. The molecule has 144 valence electrons. The minimum atomic E-state index is -4.70. The van der Waals surface area contributed by atoms with Gasteiger partial charge in [0, 0.05) is 26.1 Å². The van der Waals surface area contributed by atoms with E-state index >= 15 is 0 Å². The summed E-state index contributed by atoms with van der Waals surface area (Å²) >= 11 is 0. The number of carbonyl (C=O) groups excluding carboxylic acids is 2. The molecular weight excluding hydrogens is 355 g/mol. The van der Waals surface area contributed by atoms with Crippen LogP contribution in [0.3, 0.4) is 0 Å². The van der Waals surface area contributed by atoms with Crippen LogP contribution in [0.4, 0.5) is 13.2 Å². The topological polar surface area (TPSA) is 91.5 Å². The van der Waals surface area contributed by atoms with E-state index in [1.165, 1.54) is 0 Å². The highest BCUT2D eigenvalue weighted by Gasteiger charge is 2.32. The molecule has 0 spiro atoms. The second-order valence-electron chi connectivity index (χ2n) is 6.17. The smallest absolute Gasteiger partial charge is 0.372 e. The quantitative estimate of drug-likeness (QED) is 0.826. The fourth-order valence-electron chi connectivity index (χ4n) is 2.74. The number of hydrogen-bond donors (Lipinski definition) is 2. The predicted octanol–water partition coefficient (Wildman–Crippen LogP) is 1.15. The lowest BCUT2D eigenvalue weighted by Crippen LogP contribution is -2.48. The minimum Gasteiger partial charge on any atom is -0.372 e. The first-order valence-electron chi connectivity index (χ1n) is 8.10. The molecule has 2 amide bonds. The Morgan fingerprint density at radius 1 is 1.27 bits per heavy atom. The zero-order valence-corrected chi connectivity index (χ0v) is 14.4. The molecule has 1 aliphatic heterocycles. The summed E-state index contributed by atoms with van der Waals surface area (Å²) in [4.78, 5) is 39.0. The first kappa shape index (κ1) is 20.0. The molecule has 10 heteroatoms. The number of rotatable bonds is 4. The summed E-state index contributed by atoms with van der Waals surface area (Å²) in [5.74, 6) is -1.01. The van der Waals surface area contributed by atoms with Crippen LogP contribution in [0, 0.1) is 0 Å². The Bertz CT molecular complexity index is 722. The van der Waals surface area contributed by atoms with Crippen LogP contribution < -0.4 is 10.9 Å². The van der Waals surface area contributed by atoms with Gasteiger partial charge in [-0.25, -0.2) is 0 Å². The number of carbonyl (C=O) groups is 2. The van der Waals surface area contributed by atoms with Gasteiger partial charge in [0.05, 0.1) is 12.2 Å². The Labute approximate surface area is 147 Å². The van der Waals surface area contributed by atoms with Gasteiger partial charge < -0.3 is 19.9 Å². The second-order valence-corrected chi connectivity index (χ2v) is 6.17. The van der Waals surface area contributed by atoms with Crippen molar-refractivity contribution in [1.82, 2.24) is 15.2 Å². The molecule has 0 bridgehead atoms. The molecule has 2 N–H and O–H groups in total. The highest BCUT2D eigenvalue weighted by molar-refractivity contribution is 5.94. The number of morpholine rings is 1. The molecule has 1 aliphatic rings. The number of nitrogens with zero attached hydrogens (tertiary/aromatic N) is 1. The van der Waals surface area contributed by atoms with Crippen molar-refractivity contribution in [3.8, 4) is 0 Å². The third kappa shape index (κ3) is 5.07. The molecule has 1 saturated heterocycles. The van der Waals surface area contributed by atoms with Crippen LogP contribution in [-0.4, -0.2) is 53.5 Å². The summed E-state index contributed by atoms with van der Waals surface area (Å²) in [6.45, 7) is 4.59. The number of aromatic amines is 1. The molecule has 0 aliphatic carbocycles. The Hall–Kier alpha value is -2.36. The molecule has 1 fully saturated rings. The van der Waals surface area contributed by atoms with E-state index in [4.69, 9.17) is 4.74 Å². The van der Waals surface area contributed by atoms with E-state index in [-0.39, 0.29) is 31.1 Å². The van der Waals surface area contributed by atoms with Crippen molar-refractivity contribution in [3.05, 3.63) is 33.7 Å². The Balaban J connectivity index is 1.89. The fourth-order valence-corrected chi connectivity index (χ4v) is 2.74. The van der Waals surface area contributed by atoms with Gasteiger partial charge in [0.15, 0.2) is 0 Å². The van der Waals surface area contributed by atoms with Crippen LogP contribution >= 0.6 is 0 Å². The third-order valence-corrected chi connectivity index (χ3v) is 3.86. The number of amides is 2. The van der Waals surface area contributed by atoms with Gasteiger partial charge in [0.1, 0.15) is 11.3 Å². The van der Waals surface area contributed by atoms with Crippen LogP contribution in [0.5, 0.6) is 0 Å². The van der Waals surface area contributed by atoms with Crippen molar-refractivity contribution in [1.29, 1.82) is 0 Å². The van der Waals surface area contributed by atoms with E-state index in [1.54, 1.807) is 9.88 Å². The van der Waals surface area contributed by atoms with Gasteiger partial charge in [-0.1, -0.05) is 0 Å². The maximum atomic E-state index is 12.5. The average molecular weight is 375 g/mol. The van der Waals surface area contributed by atoms with Crippen LogP contribution in [0.1, 0.15) is 36.3 Å². The van der Waals surface area contributed by atoms with E-state index in [9.17, 15) is 27.6 Å². The first-order valence-corrected chi connectivity index (χ1v) is 8.10. The van der Waals surface area contributed by atoms with Crippen molar-refractivity contribution in [2.24, 2.45) is 0 Å². The largest absolute Gasteiger partial charge is 0.431 e.